The van der Waals surface area contributed by atoms with E-state index < -0.39 is 10.0 Å². The van der Waals surface area contributed by atoms with E-state index in [0.29, 0.717) is 25.5 Å². The van der Waals surface area contributed by atoms with Gasteiger partial charge in [0, 0.05) is 25.8 Å². The van der Waals surface area contributed by atoms with Gasteiger partial charge in [-0.05, 0) is 42.7 Å². The summed E-state index contributed by atoms with van der Waals surface area (Å²) in [6.45, 7) is 1.80. The monoisotopic (exact) mass is 361 g/mol. The fraction of sp³-hybridized carbons (Fsp3) is 0.389. The van der Waals surface area contributed by atoms with Gasteiger partial charge >= 0.3 is 0 Å². The maximum Gasteiger partial charge on any atom is 0.244 e. The van der Waals surface area contributed by atoms with E-state index >= 15 is 0 Å². The van der Waals surface area contributed by atoms with Crippen molar-refractivity contribution >= 4 is 15.8 Å². The third-order valence-corrected chi connectivity index (χ3v) is 6.20. The van der Waals surface area contributed by atoms with Crippen LogP contribution in [0.25, 0.3) is 0 Å². The normalized spacial score (nSPS) is 15.7. The number of piperidine rings is 1. The second kappa shape index (κ2) is 7.84. The molecule has 1 aromatic carbocycles. The van der Waals surface area contributed by atoms with Gasteiger partial charge in [-0.1, -0.05) is 18.6 Å². The molecule has 1 aliphatic rings. The molecule has 1 fully saturated rings. The van der Waals surface area contributed by atoms with E-state index in [-0.39, 0.29) is 4.90 Å². The summed E-state index contributed by atoms with van der Waals surface area (Å²) in [4.78, 5) is 4.50. The Morgan fingerprint density at radius 1 is 1.08 bits per heavy atom. The van der Waals surface area contributed by atoms with Crippen molar-refractivity contribution in [2.75, 3.05) is 25.5 Å². The first-order valence-electron chi connectivity index (χ1n) is 8.42. The van der Waals surface area contributed by atoms with Crippen molar-refractivity contribution in [3.05, 3.63) is 48.2 Å². The summed E-state index contributed by atoms with van der Waals surface area (Å²) < 4.78 is 31.9. The van der Waals surface area contributed by atoms with E-state index in [9.17, 15) is 8.42 Å². The number of nitrogens with zero attached hydrogens (tertiary/aromatic N) is 2. The van der Waals surface area contributed by atoms with Crippen molar-refractivity contribution in [3.63, 3.8) is 0 Å². The Morgan fingerprint density at radius 2 is 1.80 bits per heavy atom. The number of nitrogens with one attached hydrogen (secondary N) is 1. The Bertz CT molecular complexity index is 783. The third kappa shape index (κ3) is 4.29. The smallest absolute Gasteiger partial charge is 0.244 e. The predicted octanol–water partition coefficient (Wildman–Crippen LogP) is 2.88. The Hall–Kier alpha value is -2.12. The highest BCUT2D eigenvalue weighted by Gasteiger charge is 2.26. The molecule has 1 aliphatic heterocycles. The molecule has 0 bridgehead atoms. The van der Waals surface area contributed by atoms with Crippen LogP contribution in [0.2, 0.25) is 0 Å². The molecule has 0 atom stereocenters. The number of methoxy groups -OCH3 is 1. The van der Waals surface area contributed by atoms with Crippen LogP contribution in [-0.4, -0.2) is 37.9 Å². The van der Waals surface area contributed by atoms with Gasteiger partial charge in [-0.15, -0.1) is 0 Å². The fourth-order valence-corrected chi connectivity index (χ4v) is 4.29. The molecular weight excluding hydrogens is 338 g/mol. The summed E-state index contributed by atoms with van der Waals surface area (Å²) in [6.07, 6.45) is 4.38. The first-order chi connectivity index (χ1) is 12.1. The Morgan fingerprint density at radius 3 is 2.40 bits per heavy atom. The quantitative estimate of drug-likeness (QED) is 0.857. The summed E-state index contributed by atoms with van der Waals surface area (Å²) in [5.74, 6) is 1.46. The number of anilines is 1. The van der Waals surface area contributed by atoms with Crippen LogP contribution in [0, 0.1) is 0 Å². The SMILES string of the molecule is COc1ccc(CNc2ccc(S(=O)(=O)N3CCCCC3)cn2)cc1. The van der Waals surface area contributed by atoms with Crippen LogP contribution in [0.15, 0.2) is 47.5 Å². The van der Waals surface area contributed by atoms with E-state index in [4.69, 9.17) is 4.74 Å². The molecule has 25 heavy (non-hydrogen) atoms. The number of rotatable bonds is 6. The van der Waals surface area contributed by atoms with Crippen LogP contribution in [-0.2, 0) is 16.6 Å². The van der Waals surface area contributed by atoms with Crippen LogP contribution in [0.5, 0.6) is 5.75 Å². The molecule has 0 spiro atoms. The predicted molar refractivity (Wildman–Crippen MR) is 97.2 cm³/mol. The first-order valence-corrected chi connectivity index (χ1v) is 9.86. The van der Waals surface area contributed by atoms with Crippen LogP contribution in [0.3, 0.4) is 0 Å². The van der Waals surface area contributed by atoms with Gasteiger partial charge in [0.2, 0.25) is 10.0 Å². The van der Waals surface area contributed by atoms with Crippen LogP contribution in [0.1, 0.15) is 24.8 Å². The molecule has 0 aliphatic carbocycles. The molecule has 0 saturated carbocycles. The minimum atomic E-state index is -3.42. The minimum absolute atomic E-state index is 0.254. The summed E-state index contributed by atoms with van der Waals surface area (Å²) in [5, 5.41) is 3.20. The summed E-state index contributed by atoms with van der Waals surface area (Å²) in [7, 11) is -1.79. The number of hydrogen-bond donors (Lipinski definition) is 1. The largest absolute Gasteiger partial charge is 0.497 e. The molecule has 7 heteroatoms. The third-order valence-electron chi connectivity index (χ3n) is 4.32. The number of hydrogen-bond acceptors (Lipinski definition) is 5. The van der Waals surface area contributed by atoms with Crippen LogP contribution >= 0.6 is 0 Å². The number of sulfonamides is 1. The van der Waals surface area contributed by atoms with E-state index in [1.807, 2.05) is 24.3 Å². The molecular formula is C18H23N3O3S. The summed E-state index contributed by atoms with van der Waals surface area (Å²) in [5.41, 5.74) is 1.09. The zero-order chi connectivity index (χ0) is 17.7. The Labute approximate surface area is 148 Å². The van der Waals surface area contributed by atoms with Crippen molar-refractivity contribution in [1.29, 1.82) is 0 Å². The Kier molecular flexibility index (Phi) is 5.55. The van der Waals surface area contributed by atoms with Crippen molar-refractivity contribution in [2.24, 2.45) is 0 Å². The lowest BCUT2D eigenvalue weighted by Crippen LogP contribution is -2.35. The molecule has 6 nitrogen and oxygen atoms in total. The molecule has 0 amide bonds. The average molecular weight is 361 g/mol. The van der Waals surface area contributed by atoms with Gasteiger partial charge in [-0.3, -0.25) is 0 Å². The van der Waals surface area contributed by atoms with Gasteiger partial charge in [-0.25, -0.2) is 13.4 Å². The van der Waals surface area contributed by atoms with Crippen LogP contribution in [0.4, 0.5) is 5.82 Å². The molecule has 1 aromatic heterocycles. The van der Waals surface area contributed by atoms with E-state index in [1.54, 1.807) is 23.5 Å². The van der Waals surface area contributed by atoms with Crippen molar-refractivity contribution in [2.45, 2.75) is 30.7 Å². The standard InChI is InChI=1S/C18H23N3O3S/c1-24-16-7-5-15(6-8-16)13-19-18-10-9-17(14-20-18)25(22,23)21-11-3-2-4-12-21/h5-10,14H,2-4,11-13H2,1H3,(H,19,20). The van der Waals surface area contributed by atoms with Crippen molar-refractivity contribution in [3.8, 4) is 5.75 Å². The van der Waals surface area contributed by atoms with Crippen molar-refractivity contribution in [1.82, 2.24) is 9.29 Å². The minimum Gasteiger partial charge on any atom is -0.497 e. The summed E-state index contributed by atoms with van der Waals surface area (Å²) >= 11 is 0. The molecule has 2 aromatic rings. The maximum atomic E-state index is 12.6. The molecule has 0 unspecified atom stereocenters. The number of pyridine rings is 1. The number of ether oxygens (including phenoxy) is 1. The molecule has 2 heterocycles. The second-order valence-electron chi connectivity index (χ2n) is 6.05. The van der Waals surface area contributed by atoms with Gasteiger partial charge in [0.25, 0.3) is 0 Å². The summed E-state index contributed by atoms with van der Waals surface area (Å²) in [6, 6.07) is 11.1. The highest BCUT2D eigenvalue weighted by molar-refractivity contribution is 7.89. The second-order valence-corrected chi connectivity index (χ2v) is 7.98. The van der Waals surface area contributed by atoms with Gasteiger partial charge in [0.05, 0.1) is 7.11 Å². The number of aromatic nitrogens is 1. The zero-order valence-electron chi connectivity index (χ0n) is 14.3. The molecule has 1 N–H and O–H groups in total. The van der Waals surface area contributed by atoms with Gasteiger partial charge in [-0.2, -0.15) is 4.31 Å². The van der Waals surface area contributed by atoms with Crippen LogP contribution < -0.4 is 10.1 Å². The van der Waals surface area contributed by atoms with Gasteiger partial charge in [0.1, 0.15) is 16.5 Å². The zero-order valence-corrected chi connectivity index (χ0v) is 15.1. The molecule has 0 radical (unpaired) electrons. The number of benzene rings is 1. The van der Waals surface area contributed by atoms with E-state index in [1.165, 1.54) is 6.20 Å². The van der Waals surface area contributed by atoms with Crippen molar-refractivity contribution < 1.29 is 13.2 Å². The highest BCUT2D eigenvalue weighted by atomic mass is 32.2. The lowest BCUT2D eigenvalue weighted by Gasteiger charge is -2.25. The average Bonchev–Trinajstić information content (AvgIpc) is 2.68. The van der Waals surface area contributed by atoms with E-state index in [0.717, 1.165) is 30.6 Å². The lowest BCUT2D eigenvalue weighted by atomic mass is 10.2. The van der Waals surface area contributed by atoms with Gasteiger partial charge in [0.15, 0.2) is 0 Å². The first kappa shape index (κ1) is 17.7. The maximum absolute atomic E-state index is 12.6. The van der Waals surface area contributed by atoms with Gasteiger partial charge < -0.3 is 10.1 Å². The highest BCUT2D eigenvalue weighted by Crippen LogP contribution is 2.21. The van der Waals surface area contributed by atoms with E-state index in [2.05, 4.69) is 10.3 Å². The molecule has 3 rings (SSSR count). The molecule has 134 valence electrons. The Balaban J connectivity index is 1.63. The molecule has 1 saturated heterocycles. The fourth-order valence-electron chi connectivity index (χ4n) is 2.83. The lowest BCUT2D eigenvalue weighted by molar-refractivity contribution is 0.346. The topological polar surface area (TPSA) is 71.5 Å².